The summed E-state index contributed by atoms with van der Waals surface area (Å²) in [5.41, 5.74) is 2.09. The molecular formula is C15H23NO2S. The van der Waals surface area contributed by atoms with Crippen LogP contribution in [-0.2, 0) is 15.3 Å². The van der Waals surface area contributed by atoms with Gasteiger partial charge in [0.25, 0.3) is 0 Å². The number of benzene rings is 1. The van der Waals surface area contributed by atoms with E-state index in [-0.39, 0.29) is 5.97 Å². The van der Waals surface area contributed by atoms with Gasteiger partial charge in [-0.1, -0.05) is 24.3 Å². The van der Waals surface area contributed by atoms with Crippen molar-refractivity contribution < 1.29 is 9.53 Å². The fraction of sp³-hybridized carbons (Fsp3) is 0.533. The summed E-state index contributed by atoms with van der Waals surface area (Å²) in [6.07, 6.45) is 0.757. The normalized spacial score (nSPS) is 13.9. The Labute approximate surface area is 120 Å². The van der Waals surface area contributed by atoms with E-state index in [2.05, 4.69) is 36.5 Å². The number of esters is 1. The van der Waals surface area contributed by atoms with Crippen LogP contribution in [0.2, 0.25) is 0 Å². The number of nitrogens with one attached hydrogen (secondary N) is 1. The smallest absolute Gasteiger partial charge is 0.325 e. The number of ether oxygens (including phenoxy) is 1. The Morgan fingerprint density at radius 2 is 2.11 bits per heavy atom. The molecule has 106 valence electrons. The third-order valence-corrected chi connectivity index (χ3v) is 4.46. The summed E-state index contributed by atoms with van der Waals surface area (Å²) in [4.78, 5) is 11.7. The van der Waals surface area contributed by atoms with Crippen molar-refractivity contribution in [3.63, 3.8) is 0 Å². The number of rotatable bonds is 7. The standard InChI is InChI=1S/C15H23NO2S/c1-12-7-5-6-8-13(12)11-19-10-9-15(2,16-3)14(17)18-4/h5-8,16H,9-11H2,1-4H3. The summed E-state index contributed by atoms with van der Waals surface area (Å²) in [6.45, 7) is 4.01. The molecular weight excluding hydrogens is 258 g/mol. The zero-order valence-corrected chi connectivity index (χ0v) is 13.0. The fourth-order valence-electron chi connectivity index (χ4n) is 1.78. The zero-order chi connectivity index (χ0) is 14.3. The van der Waals surface area contributed by atoms with Gasteiger partial charge in [-0.15, -0.1) is 0 Å². The molecule has 1 aromatic carbocycles. The average Bonchev–Trinajstić information content (AvgIpc) is 2.44. The van der Waals surface area contributed by atoms with Gasteiger partial charge in [-0.25, -0.2) is 0 Å². The third-order valence-electron chi connectivity index (χ3n) is 3.45. The monoisotopic (exact) mass is 281 g/mol. The molecule has 19 heavy (non-hydrogen) atoms. The van der Waals surface area contributed by atoms with Gasteiger partial charge < -0.3 is 10.1 Å². The maximum absolute atomic E-state index is 11.7. The van der Waals surface area contributed by atoms with Crippen LogP contribution in [0.1, 0.15) is 24.5 Å². The maximum Gasteiger partial charge on any atom is 0.325 e. The van der Waals surface area contributed by atoms with Gasteiger partial charge in [0.05, 0.1) is 7.11 Å². The second kappa shape index (κ2) is 7.56. The highest BCUT2D eigenvalue weighted by atomic mass is 32.2. The molecule has 0 saturated carbocycles. The number of carbonyl (C=O) groups excluding carboxylic acids is 1. The van der Waals surface area contributed by atoms with E-state index in [1.807, 2.05) is 18.7 Å². The van der Waals surface area contributed by atoms with Crippen LogP contribution in [0.5, 0.6) is 0 Å². The molecule has 0 aliphatic carbocycles. The molecule has 1 unspecified atom stereocenters. The number of likely N-dealkylation sites (N-methyl/N-ethyl adjacent to an activating group) is 1. The van der Waals surface area contributed by atoms with Gasteiger partial charge in [-0.3, -0.25) is 4.79 Å². The van der Waals surface area contributed by atoms with E-state index < -0.39 is 5.54 Å². The second-order valence-corrected chi connectivity index (χ2v) is 5.91. The van der Waals surface area contributed by atoms with Crippen molar-refractivity contribution >= 4 is 17.7 Å². The van der Waals surface area contributed by atoms with E-state index in [9.17, 15) is 4.79 Å². The van der Waals surface area contributed by atoms with Crippen LogP contribution in [0.3, 0.4) is 0 Å². The van der Waals surface area contributed by atoms with Crippen molar-refractivity contribution in [1.82, 2.24) is 5.32 Å². The molecule has 0 heterocycles. The highest BCUT2D eigenvalue weighted by Crippen LogP contribution is 2.20. The minimum Gasteiger partial charge on any atom is -0.468 e. The van der Waals surface area contributed by atoms with E-state index in [1.165, 1.54) is 18.2 Å². The molecule has 0 saturated heterocycles. The first kappa shape index (κ1) is 16.1. The van der Waals surface area contributed by atoms with Gasteiger partial charge in [0.2, 0.25) is 0 Å². The molecule has 1 aromatic rings. The molecule has 3 nitrogen and oxygen atoms in total. The number of hydrogen-bond donors (Lipinski definition) is 1. The van der Waals surface area contributed by atoms with Gasteiger partial charge in [-0.2, -0.15) is 11.8 Å². The van der Waals surface area contributed by atoms with Crippen molar-refractivity contribution in [1.29, 1.82) is 0 Å². The Bertz CT molecular complexity index is 422. The molecule has 0 amide bonds. The Hall–Kier alpha value is -1.00. The first-order valence-corrected chi connectivity index (χ1v) is 7.58. The molecule has 0 aromatic heterocycles. The summed E-state index contributed by atoms with van der Waals surface area (Å²) >= 11 is 1.84. The highest BCUT2D eigenvalue weighted by Gasteiger charge is 2.31. The SMILES string of the molecule is CNC(C)(CCSCc1ccccc1C)C(=O)OC. The Morgan fingerprint density at radius 3 is 2.68 bits per heavy atom. The lowest BCUT2D eigenvalue weighted by Gasteiger charge is -2.25. The van der Waals surface area contributed by atoms with Crippen LogP contribution in [0, 0.1) is 6.92 Å². The zero-order valence-electron chi connectivity index (χ0n) is 12.2. The van der Waals surface area contributed by atoms with Crippen molar-refractivity contribution in [3.05, 3.63) is 35.4 Å². The average molecular weight is 281 g/mol. The minimum absolute atomic E-state index is 0.202. The van der Waals surface area contributed by atoms with Crippen LogP contribution in [-0.4, -0.2) is 31.4 Å². The molecule has 0 fully saturated rings. The minimum atomic E-state index is -0.590. The summed E-state index contributed by atoms with van der Waals surface area (Å²) in [7, 11) is 3.22. The molecule has 4 heteroatoms. The summed E-state index contributed by atoms with van der Waals surface area (Å²) in [5.74, 6) is 1.69. The van der Waals surface area contributed by atoms with Crippen LogP contribution < -0.4 is 5.32 Å². The topological polar surface area (TPSA) is 38.3 Å². The van der Waals surface area contributed by atoms with Crippen LogP contribution in [0.15, 0.2) is 24.3 Å². The Kier molecular flexibility index (Phi) is 6.38. The Morgan fingerprint density at radius 1 is 1.42 bits per heavy atom. The molecule has 1 rings (SSSR count). The first-order valence-electron chi connectivity index (χ1n) is 6.43. The van der Waals surface area contributed by atoms with Crippen LogP contribution in [0.25, 0.3) is 0 Å². The van der Waals surface area contributed by atoms with E-state index in [1.54, 1.807) is 7.05 Å². The molecule has 1 N–H and O–H groups in total. The second-order valence-electron chi connectivity index (χ2n) is 4.80. The number of aryl methyl sites for hydroxylation is 1. The van der Waals surface area contributed by atoms with Gasteiger partial charge in [0, 0.05) is 5.75 Å². The molecule has 0 radical (unpaired) electrons. The predicted octanol–water partition coefficient (Wildman–Crippen LogP) is 2.77. The summed E-state index contributed by atoms with van der Waals surface area (Å²) in [6, 6.07) is 8.40. The largest absolute Gasteiger partial charge is 0.468 e. The Balaban J connectivity index is 2.42. The van der Waals surface area contributed by atoms with Crippen LogP contribution >= 0.6 is 11.8 Å². The number of hydrogen-bond acceptors (Lipinski definition) is 4. The van der Waals surface area contributed by atoms with Crippen molar-refractivity contribution in [2.75, 3.05) is 19.9 Å². The molecule has 0 aliphatic heterocycles. The number of methoxy groups -OCH3 is 1. The van der Waals surface area contributed by atoms with Gasteiger partial charge in [0.15, 0.2) is 0 Å². The van der Waals surface area contributed by atoms with Crippen molar-refractivity contribution in [2.45, 2.75) is 31.6 Å². The highest BCUT2D eigenvalue weighted by molar-refractivity contribution is 7.98. The van der Waals surface area contributed by atoms with E-state index in [0.29, 0.717) is 0 Å². The van der Waals surface area contributed by atoms with Gasteiger partial charge in [0.1, 0.15) is 5.54 Å². The molecule has 1 atom stereocenters. The quantitative estimate of drug-likeness (QED) is 0.616. The van der Waals surface area contributed by atoms with Crippen molar-refractivity contribution in [2.24, 2.45) is 0 Å². The molecule has 0 aliphatic rings. The lowest BCUT2D eigenvalue weighted by Crippen LogP contribution is -2.48. The van der Waals surface area contributed by atoms with E-state index in [4.69, 9.17) is 4.74 Å². The number of carbonyl (C=O) groups is 1. The lowest BCUT2D eigenvalue weighted by molar-refractivity contribution is -0.147. The summed E-state index contributed by atoms with van der Waals surface area (Å²) < 4.78 is 4.83. The predicted molar refractivity (Wildman–Crippen MR) is 81.4 cm³/mol. The van der Waals surface area contributed by atoms with Crippen LogP contribution in [0.4, 0.5) is 0 Å². The molecule has 0 spiro atoms. The summed E-state index contributed by atoms with van der Waals surface area (Å²) in [5, 5.41) is 3.05. The van der Waals surface area contributed by atoms with E-state index in [0.717, 1.165) is 17.9 Å². The van der Waals surface area contributed by atoms with Crippen molar-refractivity contribution in [3.8, 4) is 0 Å². The molecule has 0 bridgehead atoms. The van der Waals surface area contributed by atoms with Gasteiger partial charge >= 0.3 is 5.97 Å². The fourth-order valence-corrected chi connectivity index (χ4v) is 3.03. The first-order chi connectivity index (χ1) is 9.03. The maximum atomic E-state index is 11.7. The van der Waals surface area contributed by atoms with E-state index >= 15 is 0 Å². The number of thioether (sulfide) groups is 1. The van der Waals surface area contributed by atoms with Gasteiger partial charge in [-0.05, 0) is 44.2 Å². The third kappa shape index (κ3) is 4.55. The lowest BCUT2D eigenvalue weighted by atomic mass is 10.00.